The van der Waals surface area contributed by atoms with Gasteiger partial charge in [-0.3, -0.25) is 0 Å². The Labute approximate surface area is 118 Å². The highest BCUT2D eigenvalue weighted by Crippen LogP contribution is 2.25. The zero-order chi connectivity index (χ0) is 14.5. The number of halogens is 1. The van der Waals surface area contributed by atoms with Crippen LogP contribution in [0.3, 0.4) is 0 Å². The van der Waals surface area contributed by atoms with Crippen LogP contribution < -0.4 is 10.6 Å². The first-order chi connectivity index (χ1) is 9.65. The van der Waals surface area contributed by atoms with E-state index in [9.17, 15) is 4.39 Å². The molecule has 0 amide bonds. The van der Waals surface area contributed by atoms with Gasteiger partial charge in [0.25, 0.3) is 0 Å². The summed E-state index contributed by atoms with van der Waals surface area (Å²) in [5.41, 5.74) is 8.12. The molecule has 0 aromatic heterocycles. The van der Waals surface area contributed by atoms with Crippen molar-refractivity contribution in [1.29, 1.82) is 5.26 Å². The number of nitrogens with zero attached hydrogens (tertiary/aromatic N) is 2. The summed E-state index contributed by atoms with van der Waals surface area (Å²) in [4.78, 5) is 1.95. The van der Waals surface area contributed by atoms with Crippen LogP contribution in [0.5, 0.6) is 0 Å². The summed E-state index contributed by atoms with van der Waals surface area (Å²) in [5.74, 6) is -0.278. The fraction of sp³-hybridized carbons (Fsp3) is 0.188. The molecule has 2 N–H and O–H groups in total. The highest BCUT2D eigenvalue weighted by molar-refractivity contribution is 5.52. The fourth-order valence-electron chi connectivity index (χ4n) is 2.21. The third-order valence-corrected chi connectivity index (χ3v) is 3.31. The second-order valence-corrected chi connectivity index (χ2v) is 4.58. The molecule has 4 heteroatoms. The molecule has 0 radical (unpaired) electrons. The van der Waals surface area contributed by atoms with Crippen LogP contribution in [0.15, 0.2) is 48.5 Å². The lowest BCUT2D eigenvalue weighted by Crippen LogP contribution is -2.30. The van der Waals surface area contributed by atoms with E-state index in [2.05, 4.69) is 6.07 Å². The Bertz CT molecular complexity index is 634. The molecule has 0 spiro atoms. The van der Waals surface area contributed by atoms with Crippen molar-refractivity contribution in [1.82, 2.24) is 0 Å². The van der Waals surface area contributed by atoms with Gasteiger partial charge >= 0.3 is 0 Å². The molecule has 2 rings (SSSR count). The Balaban J connectivity index is 2.33. The highest BCUT2D eigenvalue weighted by Gasteiger charge is 2.16. The number of anilines is 1. The van der Waals surface area contributed by atoms with Crippen LogP contribution in [0.1, 0.15) is 17.2 Å². The summed E-state index contributed by atoms with van der Waals surface area (Å²) in [6.45, 7) is 0.358. The van der Waals surface area contributed by atoms with E-state index < -0.39 is 0 Å². The van der Waals surface area contributed by atoms with E-state index in [1.807, 2.05) is 30.1 Å². The average molecular weight is 269 g/mol. The first-order valence-electron chi connectivity index (χ1n) is 6.34. The average Bonchev–Trinajstić information content (AvgIpc) is 2.48. The molecular weight excluding hydrogens is 253 g/mol. The summed E-state index contributed by atoms with van der Waals surface area (Å²) in [6.07, 6.45) is 0. The third kappa shape index (κ3) is 2.95. The number of likely N-dealkylation sites (N-methyl/N-ethyl adjacent to an activating group) is 1. The monoisotopic (exact) mass is 269 g/mol. The molecule has 0 heterocycles. The van der Waals surface area contributed by atoms with Crippen LogP contribution >= 0.6 is 0 Å². The topological polar surface area (TPSA) is 53.0 Å². The molecule has 0 saturated carbocycles. The van der Waals surface area contributed by atoms with Gasteiger partial charge in [-0.05, 0) is 35.9 Å². The summed E-state index contributed by atoms with van der Waals surface area (Å²) in [5, 5.41) is 8.95. The van der Waals surface area contributed by atoms with Crippen LogP contribution in [0, 0.1) is 17.1 Å². The quantitative estimate of drug-likeness (QED) is 0.928. The SMILES string of the molecule is CN(c1cccc(C#N)c1)C(CN)c1cccc(F)c1. The van der Waals surface area contributed by atoms with E-state index in [0.29, 0.717) is 12.1 Å². The van der Waals surface area contributed by atoms with Crippen molar-refractivity contribution in [2.45, 2.75) is 6.04 Å². The molecule has 1 unspecified atom stereocenters. The molecule has 0 aliphatic rings. The lowest BCUT2D eigenvalue weighted by molar-refractivity contribution is 0.615. The predicted molar refractivity (Wildman–Crippen MR) is 77.8 cm³/mol. The van der Waals surface area contributed by atoms with Crippen LogP contribution in [-0.2, 0) is 0 Å². The third-order valence-electron chi connectivity index (χ3n) is 3.31. The molecule has 20 heavy (non-hydrogen) atoms. The standard InChI is InChI=1S/C16H16FN3/c1-20(15-7-2-4-12(8-15)10-18)16(11-19)13-5-3-6-14(17)9-13/h2-9,16H,11,19H2,1H3. The molecule has 3 nitrogen and oxygen atoms in total. The maximum absolute atomic E-state index is 13.3. The van der Waals surface area contributed by atoms with Gasteiger partial charge in [0.1, 0.15) is 5.82 Å². The van der Waals surface area contributed by atoms with E-state index in [1.165, 1.54) is 12.1 Å². The molecule has 0 bridgehead atoms. The van der Waals surface area contributed by atoms with Gasteiger partial charge in [0.05, 0.1) is 17.7 Å². The first-order valence-corrected chi connectivity index (χ1v) is 6.34. The zero-order valence-electron chi connectivity index (χ0n) is 11.3. The van der Waals surface area contributed by atoms with Crippen LogP contribution in [0.4, 0.5) is 10.1 Å². The van der Waals surface area contributed by atoms with Gasteiger partial charge in [-0.25, -0.2) is 4.39 Å². The number of benzene rings is 2. The van der Waals surface area contributed by atoms with E-state index in [4.69, 9.17) is 11.0 Å². The van der Waals surface area contributed by atoms with Crippen molar-refractivity contribution >= 4 is 5.69 Å². The van der Waals surface area contributed by atoms with Crippen molar-refractivity contribution in [2.24, 2.45) is 5.73 Å². The minimum Gasteiger partial charge on any atom is -0.366 e. The largest absolute Gasteiger partial charge is 0.366 e. The summed E-state index contributed by atoms with van der Waals surface area (Å²) < 4.78 is 13.3. The molecular formula is C16H16FN3. The van der Waals surface area contributed by atoms with Gasteiger partial charge in [-0.15, -0.1) is 0 Å². The Hall–Kier alpha value is -2.38. The van der Waals surface area contributed by atoms with Gasteiger partial charge < -0.3 is 10.6 Å². The number of nitrogens with two attached hydrogens (primary N) is 1. The van der Waals surface area contributed by atoms with Crippen LogP contribution in [0.2, 0.25) is 0 Å². The first kappa shape index (κ1) is 14.0. The molecule has 0 saturated heterocycles. The maximum Gasteiger partial charge on any atom is 0.123 e. The Morgan fingerprint density at radius 3 is 2.65 bits per heavy atom. The lowest BCUT2D eigenvalue weighted by Gasteiger charge is -2.29. The predicted octanol–water partition coefficient (Wildman–Crippen LogP) is 2.83. The minimum absolute atomic E-state index is 0.139. The van der Waals surface area contributed by atoms with Gasteiger partial charge in [-0.1, -0.05) is 18.2 Å². The number of hydrogen-bond acceptors (Lipinski definition) is 3. The molecule has 0 aliphatic heterocycles. The van der Waals surface area contributed by atoms with Crippen molar-refractivity contribution in [3.8, 4) is 6.07 Å². The number of hydrogen-bond donors (Lipinski definition) is 1. The van der Waals surface area contributed by atoms with Crippen molar-refractivity contribution in [3.05, 3.63) is 65.5 Å². The normalized spacial score (nSPS) is 11.7. The van der Waals surface area contributed by atoms with E-state index in [-0.39, 0.29) is 11.9 Å². The highest BCUT2D eigenvalue weighted by atomic mass is 19.1. The fourth-order valence-corrected chi connectivity index (χ4v) is 2.21. The Morgan fingerprint density at radius 1 is 1.25 bits per heavy atom. The summed E-state index contributed by atoms with van der Waals surface area (Å²) in [6, 6.07) is 15.7. The van der Waals surface area contributed by atoms with Crippen molar-refractivity contribution in [3.63, 3.8) is 0 Å². The number of rotatable bonds is 4. The van der Waals surface area contributed by atoms with Gasteiger partial charge in [0.15, 0.2) is 0 Å². The lowest BCUT2D eigenvalue weighted by atomic mass is 10.0. The second kappa shape index (κ2) is 6.18. The molecule has 1 atom stereocenters. The van der Waals surface area contributed by atoms with E-state index in [1.54, 1.807) is 18.2 Å². The van der Waals surface area contributed by atoms with Crippen LogP contribution in [-0.4, -0.2) is 13.6 Å². The summed E-state index contributed by atoms with van der Waals surface area (Å²) in [7, 11) is 1.89. The van der Waals surface area contributed by atoms with E-state index >= 15 is 0 Å². The van der Waals surface area contributed by atoms with Gasteiger partial charge in [0, 0.05) is 19.3 Å². The minimum atomic E-state index is -0.278. The molecule has 2 aromatic rings. The van der Waals surface area contributed by atoms with Crippen molar-refractivity contribution in [2.75, 3.05) is 18.5 Å². The molecule has 0 fully saturated rings. The number of nitriles is 1. The Morgan fingerprint density at radius 2 is 2.00 bits per heavy atom. The van der Waals surface area contributed by atoms with E-state index in [0.717, 1.165) is 11.3 Å². The molecule has 2 aromatic carbocycles. The zero-order valence-corrected chi connectivity index (χ0v) is 11.3. The molecule has 102 valence electrons. The summed E-state index contributed by atoms with van der Waals surface area (Å²) >= 11 is 0. The molecule has 0 aliphatic carbocycles. The van der Waals surface area contributed by atoms with Gasteiger partial charge in [0.2, 0.25) is 0 Å². The van der Waals surface area contributed by atoms with Crippen molar-refractivity contribution < 1.29 is 4.39 Å². The smallest absolute Gasteiger partial charge is 0.123 e. The second-order valence-electron chi connectivity index (χ2n) is 4.58. The Kier molecular flexibility index (Phi) is 4.34. The van der Waals surface area contributed by atoms with Gasteiger partial charge in [-0.2, -0.15) is 5.26 Å². The maximum atomic E-state index is 13.3. The van der Waals surface area contributed by atoms with Crippen LogP contribution in [0.25, 0.3) is 0 Å².